The molecule has 2 aromatic rings. The number of hydrogen-bond acceptors (Lipinski definition) is 3. The molecule has 2 amide bonds. The van der Waals surface area contributed by atoms with Crippen LogP contribution < -0.4 is 15.4 Å². The van der Waals surface area contributed by atoms with Crippen LogP contribution in [0.4, 0.5) is 0 Å². The minimum atomic E-state index is -0.283. The first kappa shape index (κ1) is 18.5. The van der Waals surface area contributed by atoms with Crippen LogP contribution in [0.1, 0.15) is 35.7 Å². The number of rotatable bonds is 8. The fourth-order valence-electron chi connectivity index (χ4n) is 2.36. The fourth-order valence-corrected chi connectivity index (χ4v) is 2.36. The van der Waals surface area contributed by atoms with Gasteiger partial charge in [0.15, 0.2) is 0 Å². The molecule has 0 aliphatic rings. The van der Waals surface area contributed by atoms with E-state index in [1.807, 2.05) is 44.2 Å². The Morgan fingerprint density at radius 2 is 1.68 bits per heavy atom. The van der Waals surface area contributed by atoms with Crippen molar-refractivity contribution in [2.75, 3.05) is 19.7 Å². The molecule has 0 aliphatic heterocycles. The Kier molecular flexibility index (Phi) is 7.01. The molecule has 0 radical (unpaired) electrons. The zero-order valence-electron chi connectivity index (χ0n) is 14.6. The summed E-state index contributed by atoms with van der Waals surface area (Å²) < 4.78 is 5.33. The molecule has 0 saturated carbocycles. The second kappa shape index (κ2) is 9.47. The maximum atomic E-state index is 12.0. The number of hydrogen-bond donors (Lipinski definition) is 2. The summed E-state index contributed by atoms with van der Waals surface area (Å²) >= 11 is 0. The van der Waals surface area contributed by atoms with Crippen LogP contribution in [0.3, 0.4) is 0 Å². The fraction of sp³-hybridized carbons (Fsp3) is 0.300. The first-order valence-electron chi connectivity index (χ1n) is 8.43. The lowest BCUT2D eigenvalue weighted by Crippen LogP contribution is -2.38. The van der Waals surface area contributed by atoms with Crippen molar-refractivity contribution in [1.82, 2.24) is 10.6 Å². The van der Waals surface area contributed by atoms with E-state index in [0.29, 0.717) is 24.5 Å². The summed E-state index contributed by atoms with van der Waals surface area (Å²) in [6, 6.07) is 16.8. The third-order valence-electron chi connectivity index (χ3n) is 3.81. The van der Waals surface area contributed by atoms with Gasteiger partial charge >= 0.3 is 0 Å². The summed E-state index contributed by atoms with van der Waals surface area (Å²) in [5, 5.41) is 5.46. The molecule has 0 saturated heterocycles. The van der Waals surface area contributed by atoms with Crippen molar-refractivity contribution in [3.8, 4) is 5.75 Å². The molecule has 0 spiro atoms. The zero-order valence-corrected chi connectivity index (χ0v) is 14.6. The van der Waals surface area contributed by atoms with Crippen molar-refractivity contribution in [2.45, 2.75) is 19.8 Å². The predicted molar refractivity (Wildman–Crippen MR) is 97.8 cm³/mol. The van der Waals surface area contributed by atoms with Crippen molar-refractivity contribution in [3.63, 3.8) is 0 Å². The van der Waals surface area contributed by atoms with Crippen LogP contribution in [-0.4, -0.2) is 31.5 Å². The zero-order chi connectivity index (χ0) is 18.1. The third-order valence-corrected chi connectivity index (χ3v) is 3.81. The quantitative estimate of drug-likeness (QED) is 0.776. The Balaban J connectivity index is 1.74. The maximum absolute atomic E-state index is 12.0. The van der Waals surface area contributed by atoms with Crippen LogP contribution in [0.2, 0.25) is 0 Å². The van der Waals surface area contributed by atoms with Gasteiger partial charge in [-0.15, -0.1) is 0 Å². The average Bonchev–Trinajstić information content (AvgIpc) is 2.65. The van der Waals surface area contributed by atoms with Gasteiger partial charge < -0.3 is 15.4 Å². The van der Waals surface area contributed by atoms with Gasteiger partial charge in [0.1, 0.15) is 5.75 Å². The molecule has 1 unspecified atom stereocenters. The highest BCUT2D eigenvalue weighted by molar-refractivity contribution is 5.96. The first-order chi connectivity index (χ1) is 12.1. The molecule has 0 aromatic heterocycles. The minimum absolute atomic E-state index is 0.0481. The van der Waals surface area contributed by atoms with E-state index in [1.165, 1.54) is 5.56 Å². The van der Waals surface area contributed by atoms with Gasteiger partial charge in [0, 0.05) is 12.1 Å². The first-order valence-corrected chi connectivity index (χ1v) is 8.43. The topological polar surface area (TPSA) is 67.4 Å². The molecular weight excluding hydrogens is 316 g/mol. The molecule has 0 heterocycles. The van der Waals surface area contributed by atoms with Crippen LogP contribution in [0.15, 0.2) is 54.6 Å². The van der Waals surface area contributed by atoms with E-state index in [9.17, 15) is 9.59 Å². The van der Waals surface area contributed by atoms with Crippen LogP contribution in [0, 0.1) is 0 Å². The lowest BCUT2D eigenvalue weighted by Gasteiger charge is -2.13. The van der Waals surface area contributed by atoms with Gasteiger partial charge in [0.05, 0.1) is 13.2 Å². The molecule has 0 fully saturated rings. The number of carbonyl (C=O) groups is 2. The van der Waals surface area contributed by atoms with E-state index >= 15 is 0 Å². The largest absolute Gasteiger partial charge is 0.494 e. The van der Waals surface area contributed by atoms with Crippen molar-refractivity contribution in [3.05, 3.63) is 65.7 Å². The minimum Gasteiger partial charge on any atom is -0.494 e. The van der Waals surface area contributed by atoms with E-state index in [0.717, 1.165) is 0 Å². The molecule has 2 aromatic carbocycles. The van der Waals surface area contributed by atoms with Gasteiger partial charge in [-0.05, 0) is 42.7 Å². The van der Waals surface area contributed by atoms with Gasteiger partial charge in [-0.1, -0.05) is 37.3 Å². The summed E-state index contributed by atoms with van der Waals surface area (Å²) in [7, 11) is 0. The van der Waals surface area contributed by atoms with Gasteiger partial charge in [0.25, 0.3) is 5.91 Å². The molecule has 25 heavy (non-hydrogen) atoms. The van der Waals surface area contributed by atoms with Crippen molar-refractivity contribution >= 4 is 11.8 Å². The summed E-state index contributed by atoms with van der Waals surface area (Å²) in [5.74, 6) is 0.440. The second-order valence-corrected chi connectivity index (χ2v) is 5.76. The van der Waals surface area contributed by atoms with E-state index in [-0.39, 0.29) is 24.3 Å². The summed E-state index contributed by atoms with van der Waals surface area (Å²) in [6.45, 7) is 5.01. The molecule has 0 bridgehead atoms. The molecule has 5 nitrogen and oxygen atoms in total. The Morgan fingerprint density at radius 3 is 2.32 bits per heavy atom. The third kappa shape index (κ3) is 5.95. The summed E-state index contributed by atoms with van der Waals surface area (Å²) in [6.07, 6.45) is 0. The number of benzene rings is 2. The highest BCUT2D eigenvalue weighted by Gasteiger charge is 2.10. The molecule has 5 heteroatoms. The standard InChI is InChI=1S/C20H24N2O3/c1-3-25-18-11-9-17(10-12-18)20(24)22-14-19(23)21-13-15(2)16-7-5-4-6-8-16/h4-12,15H,3,13-14H2,1-2H3,(H,21,23)(H,22,24). The summed E-state index contributed by atoms with van der Waals surface area (Å²) in [4.78, 5) is 24.0. The van der Waals surface area contributed by atoms with Crippen molar-refractivity contribution in [1.29, 1.82) is 0 Å². The molecule has 2 rings (SSSR count). The van der Waals surface area contributed by atoms with E-state index < -0.39 is 0 Å². The molecular formula is C20H24N2O3. The number of ether oxygens (including phenoxy) is 1. The Labute approximate surface area is 148 Å². The second-order valence-electron chi connectivity index (χ2n) is 5.76. The van der Waals surface area contributed by atoms with Gasteiger partial charge in [-0.2, -0.15) is 0 Å². The van der Waals surface area contributed by atoms with Crippen molar-refractivity contribution < 1.29 is 14.3 Å². The summed E-state index contributed by atoms with van der Waals surface area (Å²) in [5.41, 5.74) is 1.66. The lowest BCUT2D eigenvalue weighted by molar-refractivity contribution is -0.120. The molecule has 2 N–H and O–H groups in total. The van der Waals surface area contributed by atoms with Gasteiger partial charge in [0.2, 0.25) is 5.91 Å². The van der Waals surface area contributed by atoms with Gasteiger partial charge in [-0.3, -0.25) is 9.59 Å². The normalized spacial score (nSPS) is 11.4. The Morgan fingerprint density at radius 1 is 1.00 bits per heavy atom. The smallest absolute Gasteiger partial charge is 0.251 e. The van der Waals surface area contributed by atoms with Crippen LogP contribution in [0.5, 0.6) is 5.75 Å². The average molecular weight is 340 g/mol. The van der Waals surface area contributed by atoms with E-state index in [2.05, 4.69) is 10.6 Å². The maximum Gasteiger partial charge on any atom is 0.251 e. The Hall–Kier alpha value is -2.82. The van der Waals surface area contributed by atoms with E-state index in [1.54, 1.807) is 24.3 Å². The van der Waals surface area contributed by atoms with E-state index in [4.69, 9.17) is 4.74 Å². The predicted octanol–water partition coefficient (Wildman–Crippen LogP) is 2.74. The lowest BCUT2D eigenvalue weighted by atomic mass is 10.0. The highest BCUT2D eigenvalue weighted by Crippen LogP contribution is 2.13. The van der Waals surface area contributed by atoms with Crippen LogP contribution in [-0.2, 0) is 4.79 Å². The molecule has 0 aliphatic carbocycles. The Bertz CT molecular complexity index is 684. The van der Waals surface area contributed by atoms with Crippen LogP contribution >= 0.6 is 0 Å². The number of amides is 2. The monoisotopic (exact) mass is 340 g/mol. The van der Waals surface area contributed by atoms with Crippen LogP contribution in [0.25, 0.3) is 0 Å². The number of nitrogens with one attached hydrogen (secondary N) is 2. The molecule has 1 atom stereocenters. The SMILES string of the molecule is CCOc1ccc(C(=O)NCC(=O)NCC(C)c2ccccc2)cc1. The van der Waals surface area contributed by atoms with Crippen molar-refractivity contribution in [2.24, 2.45) is 0 Å². The highest BCUT2D eigenvalue weighted by atomic mass is 16.5. The number of carbonyl (C=O) groups excluding carboxylic acids is 2. The van der Waals surface area contributed by atoms with Gasteiger partial charge in [-0.25, -0.2) is 0 Å². The molecule has 132 valence electrons.